The Hall–Kier alpha value is -4.12. The van der Waals surface area contributed by atoms with Crippen LogP contribution in [0.1, 0.15) is 16.7 Å². The fourth-order valence-corrected chi connectivity index (χ4v) is 3.03. The number of rotatable bonds is 9. The van der Waals surface area contributed by atoms with Gasteiger partial charge in [-0.05, 0) is 41.0 Å². The molecule has 32 heavy (non-hydrogen) atoms. The highest BCUT2D eigenvalue weighted by Gasteiger charge is 2.08. The maximum absolute atomic E-state index is 6.12. The van der Waals surface area contributed by atoms with Gasteiger partial charge in [0, 0.05) is 12.3 Å². The second-order valence-corrected chi connectivity index (χ2v) is 7.07. The summed E-state index contributed by atoms with van der Waals surface area (Å²) in [6, 6.07) is 29.5. The van der Waals surface area contributed by atoms with Crippen molar-refractivity contribution in [2.24, 2.45) is 4.99 Å². The van der Waals surface area contributed by atoms with Crippen molar-refractivity contribution in [1.29, 1.82) is 0 Å². The van der Waals surface area contributed by atoms with Crippen LogP contribution in [0.15, 0.2) is 102 Å². The fraction of sp³-hybridized carbons (Fsp3) is 0.111. The first-order valence-corrected chi connectivity index (χ1v) is 10.3. The van der Waals surface area contributed by atoms with E-state index in [1.54, 1.807) is 25.6 Å². The average molecular weight is 425 g/mol. The molecule has 0 aliphatic rings. The standard InChI is InChI=1S/C27H24N2O3/c1-30-27-15-13-24(18-29-27)28-17-23-12-14-25(31-19-21-8-4-2-5-9-21)26(16-23)32-20-22-10-6-3-7-11-22/h2-18H,19-20H2,1H3. The minimum absolute atomic E-state index is 0.450. The van der Waals surface area contributed by atoms with Gasteiger partial charge in [-0.25, -0.2) is 4.98 Å². The van der Waals surface area contributed by atoms with Gasteiger partial charge in [-0.3, -0.25) is 4.99 Å². The van der Waals surface area contributed by atoms with E-state index in [9.17, 15) is 0 Å². The zero-order valence-corrected chi connectivity index (χ0v) is 17.8. The summed E-state index contributed by atoms with van der Waals surface area (Å²) in [5.74, 6) is 1.91. The van der Waals surface area contributed by atoms with Gasteiger partial charge in [0.1, 0.15) is 13.2 Å². The van der Waals surface area contributed by atoms with E-state index in [2.05, 4.69) is 9.98 Å². The zero-order valence-electron chi connectivity index (χ0n) is 17.8. The van der Waals surface area contributed by atoms with E-state index >= 15 is 0 Å². The third-order valence-corrected chi connectivity index (χ3v) is 4.73. The third-order valence-electron chi connectivity index (χ3n) is 4.73. The lowest BCUT2D eigenvalue weighted by atomic mass is 10.2. The van der Waals surface area contributed by atoms with Gasteiger partial charge in [-0.1, -0.05) is 60.7 Å². The van der Waals surface area contributed by atoms with Crippen LogP contribution in [0, 0.1) is 0 Å². The molecule has 4 rings (SSSR count). The summed E-state index contributed by atoms with van der Waals surface area (Å²) in [6.07, 6.45) is 3.44. The normalized spacial score (nSPS) is 10.8. The number of nitrogens with zero attached hydrogens (tertiary/aromatic N) is 2. The van der Waals surface area contributed by atoms with Crippen LogP contribution < -0.4 is 14.2 Å². The maximum atomic E-state index is 6.12. The predicted molar refractivity (Wildman–Crippen MR) is 126 cm³/mol. The average Bonchev–Trinajstić information content (AvgIpc) is 2.87. The highest BCUT2D eigenvalue weighted by molar-refractivity contribution is 5.83. The molecular formula is C27H24N2O3. The van der Waals surface area contributed by atoms with Crippen molar-refractivity contribution in [3.63, 3.8) is 0 Å². The molecule has 1 heterocycles. The monoisotopic (exact) mass is 424 g/mol. The largest absolute Gasteiger partial charge is 0.485 e. The molecule has 0 unspecified atom stereocenters. The van der Waals surface area contributed by atoms with Crippen LogP contribution in [-0.4, -0.2) is 18.3 Å². The topological polar surface area (TPSA) is 52.9 Å². The Balaban J connectivity index is 1.52. The number of aliphatic imine (C=N–C) groups is 1. The minimum Gasteiger partial charge on any atom is -0.485 e. The molecule has 3 aromatic carbocycles. The molecule has 0 bridgehead atoms. The molecule has 160 valence electrons. The first-order chi connectivity index (χ1) is 15.8. The number of benzene rings is 3. The van der Waals surface area contributed by atoms with Crippen LogP contribution in [0.2, 0.25) is 0 Å². The van der Waals surface area contributed by atoms with Gasteiger partial charge in [0.2, 0.25) is 5.88 Å². The number of hydrogen-bond acceptors (Lipinski definition) is 5. The van der Waals surface area contributed by atoms with E-state index in [-0.39, 0.29) is 0 Å². The lowest BCUT2D eigenvalue weighted by molar-refractivity contribution is 0.256. The molecule has 0 amide bonds. The lowest BCUT2D eigenvalue weighted by Gasteiger charge is -2.14. The summed E-state index contributed by atoms with van der Waals surface area (Å²) in [5.41, 5.74) is 3.82. The molecular weight excluding hydrogens is 400 g/mol. The van der Waals surface area contributed by atoms with Gasteiger partial charge in [-0.15, -0.1) is 0 Å². The fourth-order valence-electron chi connectivity index (χ4n) is 3.03. The van der Waals surface area contributed by atoms with Crippen molar-refractivity contribution < 1.29 is 14.2 Å². The van der Waals surface area contributed by atoms with Gasteiger partial charge >= 0.3 is 0 Å². The van der Waals surface area contributed by atoms with Gasteiger partial charge in [0.05, 0.1) is 19.0 Å². The second kappa shape index (κ2) is 10.8. The number of methoxy groups -OCH3 is 1. The van der Waals surface area contributed by atoms with E-state index in [1.807, 2.05) is 84.9 Å². The van der Waals surface area contributed by atoms with Crippen LogP contribution in [0.25, 0.3) is 0 Å². The Morgan fingerprint density at radius 2 is 1.41 bits per heavy atom. The van der Waals surface area contributed by atoms with Crippen molar-refractivity contribution in [1.82, 2.24) is 4.98 Å². The maximum Gasteiger partial charge on any atom is 0.213 e. The summed E-state index contributed by atoms with van der Waals surface area (Å²) in [6.45, 7) is 0.916. The van der Waals surface area contributed by atoms with Gasteiger partial charge in [0.15, 0.2) is 11.5 Å². The molecule has 1 aromatic heterocycles. The van der Waals surface area contributed by atoms with Crippen molar-refractivity contribution in [2.75, 3.05) is 7.11 Å². The van der Waals surface area contributed by atoms with Crippen LogP contribution in [-0.2, 0) is 13.2 Å². The van der Waals surface area contributed by atoms with Crippen molar-refractivity contribution in [2.45, 2.75) is 13.2 Å². The number of pyridine rings is 1. The Kier molecular flexibility index (Phi) is 7.11. The Labute approximate surface area is 188 Å². The Morgan fingerprint density at radius 3 is 2.00 bits per heavy atom. The van der Waals surface area contributed by atoms with Crippen molar-refractivity contribution in [3.05, 3.63) is 114 Å². The number of hydrogen-bond donors (Lipinski definition) is 0. The first kappa shape index (κ1) is 21.1. The molecule has 5 nitrogen and oxygen atoms in total. The van der Waals surface area contributed by atoms with E-state index in [0.717, 1.165) is 22.4 Å². The van der Waals surface area contributed by atoms with Gasteiger partial charge in [-0.2, -0.15) is 0 Å². The molecule has 0 radical (unpaired) electrons. The molecule has 0 N–H and O–H groups in total. The van der Waals surface area contributed by atoms with E-state index in [1.165, 1.54) is 0 Å². The van der Waals surface area contributed by atoms with E-state index < -0.39 is 0 Å². The zero-order chi connectivity index (χ0) is 22.0. The molecule has 0 aliphatic carbocycles. The van der Waals surface area contributed by atoms with Crippen LogP contribution in [0.4, 0.5) is 5.69 Å². The smallest absolute Gasteiger partial charge is 0.213 e. The van der Waals surface area contributed by atoms with Gasteiger partial charge < -0.3 is 14.2 Å². The summed E-state index contributed by atoms with van der Waals surface area (Å²) in [4.78, 5) is 8.67. The SMILES string of the molecule is COc1ccc(N=Cc2ccc(OCc3ccccc3)c(OCc3ccccc3)c2)cn1. The second-order valence-electron chi connectivity index (χ2n) is 7.07. The Morgan fingerprint density at radius 1 is 0.750 bits per heavy atom. The Bertz CT molecular complexity index is 1140. The minimum atomic E-state index is 0.450. The molecule has 0 spiro atoms. The van der Waals surface area contributed by atoms with Crippen molar-refractivity contribution >= 4 is 11.9 Å². The molecule has 0 saturated heterocycles. The molecule has 0 fully saturated rings. The predicted octanol–water partition coefficient (Wildman–Crippen LogP) is 6.00. The number of aromatic nitrogens is 1. The first-order valence-electron chi connectivity index (χ1n) is 10.3. The van der Waals surface area contributed by atoms with E-state index in [0.29, 0.717) is 30.6 Å². The molecule has 0 aliphatic heterocycles. The lowest BCUT2D eigenvalue weighted by Crippen LogP contribution is -2.01. The summed E-state index contributed by atoms with van der Waals surface area (Å²) >= 11 is 0. The number of ether oxygens (including phenoxy) is 3. The van der Waals surface area contributed by atoms with Gasteiger partial charge in [0.25, 0.3) is 0 Å². The summed E-state index contributed by atoms with van der Waals surface area (Å²) in [7, 11) is 1.59. The highest BCUT2D eigenvalue weighted by Crippen LogP contribution is 2.30. The summed E-state index contributed by atoms with van der Waals surface area (Å²) in [5, 5.41) is 0. The van der Waals surface area contributed by atoms with Crippen molar-refractivity contribution in [3.8, 4) is 17.4 Å². The summed E-state index contributed by atoms with van der Waals surface area (Å²) < 4.78 is 17.3. The highest BCUT2D eigenvalue weighted by atomic mass is 16.5. The molecule has 0 atom stereocenters. The van der Waals surface area contributed by atoms with Crippen LogP contribution in [0.5, 0.6) is 17.4 Å². The van der Waals surface area contributed by atoms with Crippen LogP contribution >= 0.6 is 0 Å². The van der Waals surface area contributed by atoms with Crippen LogP contribution in [0.3, 0.4) is 0 Å². The van der Waals surface area contributed by atoms with E-state index in [4.69, 9.17) is 14.2 Å². The third kappa shape index (κ3) is 5.95. The molecule has 4 aromatic rings. The molecule has 0 saturated carbocycles. The quantitative estimate of drug-likeness (QED) is 0.309. The molecule has 5 heteroatoms.